The van der Waals surface area contributed by atoms with Gasteiger partial charge in [0.2, 0.25) is 0 Å². The number of rotatable bonds is 7. The standard InChI is InChI=1S/C26H25N3O5S.C2HF3O2/c1-17-5-3-4-6-23(17)20-11-13-29(14-12-20)25-24(26(31)32)15-21(16-27-25)28-35(33,34)22-9-7-19(8-10-22)18(2)30;3-2(4,5)1(6)7/h3-11,15-16,28H,12-14H2,1-2H3,(H,31,32);(H,6,7). The maximum Gasteiger partial charge on any atom is 0.490 e. The number of carboxylic acids is 2. The average molecular weight is 606 g/mol. The number of nitrogens with one attached hydrogen (secondary N) is 1. The summed E-state index contributed by atoms with van der Waals surface area (Å²) >= 11 is 0. The van der Waals surface area contributed by atoms with E-state index in [0.29, 0.717) is 18.7 Å². The topological polar surface area (TPSA) is 154 Å². The summed E-state index contributed by atoms with van der Waals surface area (Å²) in [5.41, 5.74) is 3.91. The number of aromatic nitrogens is 1. The normalized spacial score (nSPS) is 13.4. The predicted molar refractivity (Wildman–Crippen MR) is 148 cm³/mol. The Labute approximate surface area is 239 Å². The smallest absolute Gasteiger partial charge is 0.478 e. The van der Waals surface area contributed by atoms with Crippen LogP contribution in [0.25, 0.3) is 5.57 Å². The van der Waals surface area contributed by atoms with Crippen LogP contribution in [0.5, 0.6) is 0 Å². The third-order valence-corrected chi connectivity index (χ3v) is 7.56. The fourth-order valence-electron chi connectivity index (χ4n) is 4.04. The number of anilines is 2. The number of carboxylic acid groups (broad SMARTS) is 2. The molecule has 0 saturated carbocycles. The Bertz CT molecular complexity index is 1640. The monoisotopic (exact) mass is 605 g/mol. The maximum absolute atomic E-state index is 12.8. The Morgan fingerprint density at radius 2 is 1.64 bits per heavy atom. The number of pyridine rings is 1. The molecule has 10 nitrogen and oxygen atoms in total. The highest BCUT2D eigenvalue weighted by molar-refractivity contribution is 7.92. The molecule has 0 aliphatic carbocycles. The van der Waals surface area contributed by atoms with E-state index >= 15 is 0 Å². The molecular weight excluding hydrogens is 579 g/mol. The van der Waals surface area contributed by atoms with E-state index in [1.54, 1.807) is 0 Å². The van der Waals surface area contributed by atoms with Crippen molar-refractivity contribution >= 4 is 44.8 Å². The van der Waals surface area contributed by atoms with Crippen molar-refractivity contribution in [2.75, 3.05) is 22.7 Å². The van der Waals surface area contributed by atoms with Crippen molar-refractivity contribution in [3.8, 4) is 0 Å². The zero-order valence-electron chi connectivity index (χ0n) is 22.3. The summed E-state index contributed by atoms with van der Waals surface area (Å²) in [5.74, 6) is -3.85. The van der Waals surface area contributed by atoms with E-state index in [-0.39, 0.29) is 27.7 Å². The molecule has 222 valence electrons. The van der Waals surface area contributed by atoms with Crippen LogP contribution in [0.3, 0.4) is 0 Å². The van der Waals surface area contributed by atoms with Crippen LogP contribution in [-0.2, 0) is 14.8 Å². The molecule has 0 spiro atoms. The molecule has 42 heavy (non-hydrogen) atoms. The minimum atomic E-state index is -5.08. The second-order valence-corrected chi connectivity index (χ2v) is 10.8. The lowest BCUT2D eigenvalue weighted by atomic mass is 9.95. The molecule has 0 atom stereocenters. The van der Waals surface area contributed by atoms with Gasteiger partial charge in [-0.1, -0.05) is 42.5 Å². The van der Waals surface area contributed by atoms with Gasteiger partial charge in [0, 0.05) is 18.7 Å². The first-order valence-corrected chi connectivity index (χ1v) is 13.8. The van der Waals surface area contributed by atoms with Crippen molar-refractivity contribution in [1.82, 2.24) is 4.98 Å². The molecule has 0 fully saturated rings. The molecule has 0 radical (unpaired) electrons. The Balaban J connectivity index is 0.000000616. The van der Waals surface area contributed by atoms with Crippen LogP contribution in [0.2, 0.25) is 0 Å². The number of carbonyl (C=O) groups is 3. The van der Waals surface area contributed by atoms with Crippen molar-refractivity contribution in [3.05, 3.63) is 89.1 Å². The minimum absolute atomic E-state index is 0.0370. The summed E-state index contributed by atoms with van der Waals surface area (Å²) in [4.78, 5) is 38.4. The summed E-state index contributed by atoms with van der Waals surface area (Å²) < 4.78 is 59.6. The van der Waals surface area contributed by atoms with E-state index in [0.717, 1.165) is 6.42 Å². The number of carbonyl (C=O) groups excluding carboxylic acids is 1. The molecule has 14 heteroatoms. The van der Waals surface area contributed by atoms with Gasteiger partial charge in [0.25, 0.3) is 10.0 Å². The van der Waals surface area contributed by atoms with Gasteiger partial charge in [-0.05, 0) is 55.2 Å². The summed E-state index contributed by atoms with van der Waals surface area (Å²) in [5, 5.41) is 16.9. The zero-order chi connectivity index (χ0) is 31.2. The van der Waals surface area contributed by atoms with Gasteiger partial charge in [-0.3, -0.25) is 9.52 Å². The van der Waals surface area contributed by atoms with Crippen LogP contribution < -0.4 is 9.62 Å². The van der Waals surface area contributed by atoms with Gasteiger partial charge in [0.1, 0.15) is 11.4 Å². The van der Waals surface area contributed by atoms with E-state index in [2.05, 4.69) is 34.8 Å². The Kier molecular flexibility index (Phi) is 9.73. The first-order valence-electron chi connectivity index (χ1n) is 12.3. The van der Waals surface area contributed by atoms with Crippen LogP contribution in [0.4, 0.5) is 24.7 Å². The molecule has 3 N–H and O–H groups in total. The van der Waals surface area contributed by atoms with Crippen LogP contribution in [0.1, 0.15) is 45.2 Å². The number of aryl methyl sites for hydroxylation is 1. The van der Waals surface area contributed by atoms with E-state index < -0.39 is 28.1 Å². The SMILES string of the molecule is CC(=O)c1ccc(S(=O)(=O)Nc2cnc(N3CC=C(c4ccccc4C)CC3)c(C(=O)O)c2)cc1.O=C(O)C(F)(F)F. The molecule has 1 aromatic heterocycles. The molecule has 4 rings (SSSR count). The number of sulfonamides is 1. The van der Waals surface area contributed by atoms with E-state index in [9.17, 15) is 36.3 Å². The largest absolute Gasteiger partial charge is 0.490 e. The van der Waals surface area contributed by atoms with Crippen molar-refractivity contribution in [1.29, 1.82) is 0 Å². The summed E-state index contributed by atoms with van der Waals surface area (Å²) in [6, 6.07) is 14.9. The minimum Gasteiger partial charge on any atom is -0.478 e. The lowest BCUT2D eigenvalue weighted by Gasteiger charge is -2.29. The number of aliphatic carboxylic acids is 1. The van der Waals surface area contributed by atoms with E-state index in [1.807, 2.05) is 17.0 Å². The van der Waals surface area contributed by atoms with Gasteiger partial charge in [0.05, 0.1) is 16.8 Å². The van der Waals surface area contributed by atoms with Crippen LogP contribution in [0.15, 0.2) is 71.8 Å². The fourth-order valence-corrected chi connectivity index (χ4v) is 5.08. The molecule has 0 saturated heterocycles. The maximum atomic E-state index is 12.8. The third kappa shape index (κ3) is 7.94. The van der Waals surface area contributed by atoms with Crippen molar-refractivity contribution in [3.63, 3.8) is 0 Å². The molecule has 0 unspecified atom stereocenters. The fraction of sp³-hybridized carbons (Fsp3) is 0.214. The number of halogens is 3. The number of nitrogens with zero attached hydrogens (tertiary/aromatic N) is 2. The summed E-state index contributed by atoms with van der Waals surface area (Å²) in [6.45, 7) is 4.53. The lowest BCUT2D eigenvalue weighted by Crippen LogP contribution is -2.31. The highest BCUT2D eigenvalue weighted by atomic mass is 32.2. The van der Waals surface area contributed by atoms with Gasteiger partial charge in [-0.2, -0.15) is 13.2 Å². The molecular formula is C28H26F3N3O7S. The molecule has 3 aromatic rings. The molecule has 1 aliphatic heterocycles. The highest BCUT2D eigenvalue weighted by Gasteiger charge is 2.38. The van der Waals surface area contributed by atoms with Crippen molar-refractivity contribution in [2.45, 2.75) is 31.3 Å². The second kappa shape index (κ2) is 12.9. The average Bonchev–Trinajstić information content (AvgIpc) is 2.93. The van der Waals surface area contributed by atoms with Crippen LogP contribution in [-0.4, -0.2) is 60.6 Å². The third-order valence-electron chi connectivity index (χ3n) is 6.16. The molecule has 0 amide bonds. The van der Waals surface area contributed by atoms with Crippen molar-refractivity contribution < 1.29 is 46.2 Å². The van der Waals surface area contributed by atoms with E-state index in [4.69, 9.17) is 9.90 Å². The quantitative estimate of drug-likeness (QED) is 0.315. The lowest BCUT2D eigenvalue weighted by molar-refractivity contribution is -0.192. The first kappa shape index (κ1) is 31.8. The van der Waals surface area contributed by atoms with Gasteiger partial charge in [-0.15, -0.1) is 0 Å². The first-order chi connectivity index (χ1) is 19.6. The number of ketones is 1. The molecule has 1 aliphatic rings. The van der Waals surface area contributed by atoms with Gasteiger partial charge in [-0.25, -0.2) is 23.0 Å². The van der Waals surface area contributed by atoms with Gasteiger partial charge in [0.15, 0.2) is 5.78 Å². The number of alkyl halides is 3. The number of benzene rings is 2. The molecule has 2 heterocycles. The number of hydrogen-bond acceptors (Lipinski definition) is 7. The Morgan fingerprint density at radius 1 is 1.02 bits per heavy atom. The molecule has 0 bridgehead atoms. The zero-order valence-corrected chi connectivity index (χ0v) is 23.2. The van der Waals surface area contributed by atoms with Crippen LogP contribution >= 0.6 is 0 Å². The van der Waals surface area contributed by atoms with Crippen molar-refractivity contribution in [2.24, 2.45) is 0 Å². The van der Waals surface area contributed by atoms with E-state index in [1.165, 1.54) is 60.2 Å². The number of hydrogen-bond donors (Lipinski definition) is 3. The molecule has 2 aromatic carbocycles. The summed E-state index contributed by atoms with van der Waals surface area (Å²) in [7, 11) is -4.00. The van der Waals surface area contributed by atoms with Gasteiger partial charge >= 0.3 is 18.1 Å². The number of aromatic carboxylic acids is 1. The van der Waals surface area contributed by atoms with Crippen LogP contribution in [0, 0.1) is 6.92 Å². The Hall–Kier alpha value is -4.72. The predicted octanol–water partition coefficient (Wildman–Crippen LogP) is 5.02. The number of Topliss-reactive ketones (excluding diaryl/α,β-unsaturated/α-hetero) is 1. The highest BCUT2D eigenvalue weighted by Crippen LogP contribution is 2.29. The summed E-state index contributed by atoms with van der Waals surface area (Å²) in [6.07, 6.45) is -0.972. The van der Waals surface area contributed by atoms with Gasteiger partial charge < -0.3 is 15.1 Å². The second-order valence-electron chi connectivity index (χ2n) is 9.13. The Morgan fingerprint density at radius 3 is 2.14 bits per heavy atom.